The second-order valence-electron chi connectivity index (χ2n) is 5.49. The van der Waals surface area contributed by atoms with Crippen LogP contribution in [0.3, 0.4) is 0 Å². The van der Waals surface area contributed by atoms with Gasteiger partial charge in [0, 0.05) is 47.4 Å². The Morgan fingerprint density at radius 1 is 1.16 bits per heavy atom. The molecular formula is C14H24O4S. The van der Waals surface area contributed by atoms with Gasteiger partial charge in [-0.2, -0.15) is 0 Å². The summed E-state index contributed by atoms with van der Waals surface area (Å²) < 4.78 is 22.1. The van der Waals surface area contributed by atoms with Crippen LogP contribution in [-0.2, 0) is 25.1 Å². The number of hydrogen-bond acceptors (Lipinski definition) is 4. The third-order valence-electron chi connectivity index (χ3n) is 4.16. The number of hydrogen-bond donors (Lipinski definition) is 0. The van der Waals surface area contributed by atoms with Crippen molar-refractivity contribution < 1.29 is 18.5 Å². The summed E-state index contributed by atoms with van der Waals surface area (Å²) in [7, 11) is 0.989. The fourth-order valence-electron chi connectivity index (χ4n) is 3.09. The van der Waals surface area contributed by atoms with Gasteiger partial charge in [-0.1, -0.05) is 0 Å². The molecular weight excluding hydrogens is 264 g/mol. The van der Waals surface area contributed by atoms with Crippen LogP contribution in [-0.4, -0.2) is 47.4 Å². The fourth-order valence-corrected chi connectivity index (χ4v) is 5.22. The van der Waals surface area contributed by atoms with Crippen LogP contribution in [0.25, 0.3) is 0 Å². The summed E-state index contributed by atoms with van der Waals surface area (Å²) in [4.78, 5) is 12.1. The van der Waals surface area contributed by atoms with Crippen molar-refractivity contribution in [1.29, 1.82) is 0 Å². The van der Waals surface area contributed by atoms with E-state index >= 15 is 0 Å². The van der Waals surface area contributed by atoms with Crippen molar-refractivity contribution in [1.82, 2.24) is 0 Å². The van der Waals surface area contributed by atoms with Gasteiger partial charge in [0.2, 0.25) is 0 Å². The second-order valence-corrected chi connectivity index (χ2v) is 7.48. The minimum atomic E-state index is -0.658. The maximum Gasteiger partial charge on any atom is 0.136 e. The van der Waals surface area contributed by atoms with E-state index in [1.54, 1.807) is 7.11 Å². The zero-order valence-corrected chi connectivity index (χ0v) is 12.5. The average molecular weight is 288 g/mol. The lowest BCUT2D eigenvalue weighted by atomic mass is 9.92. The summed E-state index contributed by atoms with van der Waals surface area (Å²) in [5.74, 6) is 0.512. The molecule has 2 aliphatic heterocycles. The molecule has 0 aromatic rings. The molecule has 2 atom stereocenters. The van der Waals surface area contributed by atoms with Gasteiger partial charge < -0.3 is 9.47 Å². The summed E-state index contributed by atoms with van der Waals surface area (Å²) in [5.41, 5.74) is 0. The Kier molecular flexibility index (Phi) is 5.98. The van der Waals surface area contributed by atoms with Crippen molar-refractivity contribution in [2.75, 3.05) is 26.9 Å². The van der Waals surface area contributed by atoms with Crippen molar-refractivity contribution in [2.45, 2.75) is 49.0 Å². The van der Waals surface area contributed by atoms with E-state index in [1.165, 1.54) is 0 Å². The molecule has 0 aromatic carbocycles. The van der Waals surface area contributed by atoms with Crippen LogP contribution in [0.15, 0.2) is 0 Å². The Morgan fingerprint density at radius 2 is 1.84 bits per heavy atom. The topological polar surface area (TPSA) is 52.6 Å². The number of methoxy groups -OCH3 is 1. The van der Waals surface area contributed by atoms with E-state index in [4.69, 9.17) is 9.47 Å². The number of carbonyl (C=O) groups is 1. The third kappa shape index (κ3) is 4.10. The molecule has 2 rings (SSSR count). The van der Waals surface area contributed by atoms with Gasteiger partial charge in [0.25, 0.3) is 0 Å². The predicted molar refractivity (Wildman–Crippen MR) is 74.6 cm³/mol. The van der Waals surface area contributed by atoms with Crippen LogP contribution in [0.2, 0.25) is 0 Å². The molecule has 4 nitrogen and oxygen atoms in total. The van der Waals surface area contributed by atoms with Crippen molar-refractivity contribution in [3.8, 4) is 0 Å². The molecule has 0 aliphatic carbocycles. The van der Waals surface area contributed by atoms with E-state index in [0.717, 1.165) is 32.1 Å². The molecule has 0 saturated carbocycles. The second kappa shape index (κ2) is 7.50. The molecule has 2 heterocycles. The van der Waals surface area contributed by atoms with Crippen molar-refractivity contribution >= 4 is 16.6 Å². The number of rotatable bonds is 8. The molecule has 2 aliphatic rings. The third-order valence-corrected chi connectivity index (χ3v) is 6.33. The van der Waals surface area contributed by atoms with Crippen LogP contribution < -0.4 is 0 Å². The van der Waals surface area contributed by atoms with Crippen LogP contribution in [0.1, 0.15) is 38.5 Å². The Balaban J connectivity index is 1.63. The van der Waals surface area contributed by atoms with Crippen molar-refractivity contribution in [3.05, 3.63) is 0 Å². The van der Waals surface area contributed by atoms with Gasteiger partial charge in [0.15, 0.2) is 0 Å². The van der Waals surface area contributed by atoms with Gasteiger partial charge in [-0.25, -0.2) is 0 Å². The Labute approximate surface area is 117 Å². The monoisotopic (exact) mass is 288 g/mol. The molecule has 2 bridgehead atoms. The first-order chi connectivity index (χ1) is 9.22. The minimum Gasteiger partial charge on any atom is -0.382 e. The molecule has 2 unspecified atom stereocenters. The highest BCUT2D eigenvalue weighted by molar-refractivity contribution is 7.86. The van der Waals surface area contributed by atoms with Gasteiger partial charge >= 0.3 is 0 Å². The molecule has 2 fully saturated rings. The van der Waals surface area contributed by atoms with Crippen molar-refractivity contribution in [2.24, 2.45) is 5.92 Å². The highest BCUT2D eigenvalue weighted by Gasteiger charge is 2.42. The van der Waals surface area contributed by atoms with E-state index in [-0.39, 0.29) is 5.92 Å². The summed E-state index contributed by atoms with van der Waals surface area (Å²) in [6.45, 7) is 1.82. The summed E-state index contributed by atoms with van der Waals surface area (Å²) in [6.07, 6.45) is 5.21. The number of ether oxygens (including phenoxy) is 2. The van der Waals surface area contributed by atoms with Crippen LogP contribution >= 0.6 is 0 Å². The maximum absolute atomic E-state index is 12.1. The smallest absolute Gasteiger partial charge is 0.136 e. The lowest BCUT2D eigenvalue weighted by Crippen LogP contribution is -2.32. The molecule has 0 spiro atoms. The van der Waals surface area contributed by atoms with Crippen LogP contribution in [0.5, 0.6) is 0 Å². The first kappa shape index (κ1) is 15.1. The van der Waals surface area contributed by atoms with Crippen molar-refractivity contribution in [3.63, 3.8) is 0 Å². The van der Waals surface area contributed by atoms with E-state index < -0.39 is 10.8 Å². The SMILES string of the molecule is COCCOCCCC(=O)C1CC2CCC(C1)S2=O. The molecule has 5 heteroatoms. The molecule has 2 saturated heterocycles. The molecule has 0 aromatic heterocycles. The van der Waals surface area contributed by atoms with Gasteiger partial charge in [-0.05, 0) is 32.1 Å². The largest absolute Gasteiger partial charge is 0.382 e. The number of carbonyl (C=O) groups excluding carboxylic acids is 1. The zero-order valence-electron chi connectivity index (χ0n) is 11.6. The quantitative estimate of drug-likeness (QED) is 0.638. The summed E-state index contributed by atoms with van der Waals surface area (Å²) in [5, 5.41) is 0.594. The molecule has 19 heavy (non-hydrogen) atoms. The number of ketones is 1. The van der Waals surface area contributed by atoms with E-state index in [1.807, 2.05) is 0 Å². The van der Waals surface area contributed by atoms with Gasteiger partial charge in [0.1, 0.15) is 5.78 Å². The number of fused-ring (bicyclic) bond motifs is 2. The summed E-state index contributed by atoms with van der Waals surface area (Å²) in [6, 6.07) is 0. The zero-order chi connectivity index (χ0) is 13.7. The molecule has 0 amide bonds. The Morgan fingerprint density at radius 3 is 2.47 bits per heavy atom. The normalized spacial score (nSPS) is 33.5. The van der Waals surface area contributed by atoms with E-state index in [2.05, 4.69) is 0 Å². The van der Waals surface area contributed by atoms with Crippen LogP contribution in [0.4, 0.5) is 0 Å². The molecule has 0 radical (unpaired) electrons. The summed E-state index contributed by atoms with van der Waals surface area (Å²) >= 11 is 0. The van der Waals surface area contributed by atoms with Gasteiger partial charge in [-0.15, -0.1) is 0 Å². The first-order valence-electron chi connectivity index (χ1n) is 7.21. The van der Waals surface area contributed by atoms with E-state index in [9.17, 15) is 9.00 Å². The fraction of sp³-hybridized carbons (Fsp3) is 0.929. The Bertz CT molecular complexity index is 315. The van der Waals surface area contributed by atoms with E-state index in [0.29, 0.717) is 42.5 Å². The standard InChI is InChI=1S/C14H24O4S/c1-17-7-8-18-6-2-3-14(15)11-9-12-4-5-13(10-11)19(12)16/h11-13H,2-10H2,1H3. The molecule has 0 N–H and O–H groups in total. The lowest BCUT2D eigenvalue weighted by molar-refractivity contribution is -0.123. The number of Topliss-reactive ketones (excluding diaryl/α,β-unsaturated/α-hetero) is 1. The minimum absolute atomic E-state index is 0.161. The predicted octanol–water partition coefficient (Wildman–Crippen LogP) is 1.69. The lowest BCUT2D eigenvalue weighted by Gasteiger charge is -2.26. The van der Waals surface area contributed by atoms with Gasteiger partial charge in [-0.3, -0.25) is 9.00 Å². The van der Waals surface area contributed by atoms with Gasteiger partial charge in [0.05, 0.1) is 13.2 Å². The highest BCUT2D eigenvalue weighted by Crippen LogP contribution is 2.39. The highest BCUT2D eigenvalue weighted by atomic mass is 32.2. The first-order valence-corrected chi connectivity index (χ1v) is 8.48. The molecule has 110 valence electrons. The average Bonchev–Trinajstić information content (AvgIpc) is 2.65. The van der Waals surface area contributed by atoms with Crippen LogP contribution in [0, 0.1) is 5.92 Å². The maximum atomic E-state index is 12.1. The Hall–Kier alpha value is -0.260.